The Kier molecular flexibility index (Phi) is 8.28. The lowest BCUT2D eigenvalue weighted by molar-refractivity contribution is 0.102. The lowest BCUT2D eigenvalue weighted by atomic mass is 9.85. The highest BCUT2D eigenvalue weighted by Crippen LogP contribution is 2.34. The molecule has 196 valence electrons. The van der Waals surface area contributed by atoms with E-state index in [0.29, 0.717) is 35.8 Å². The number of ether oxygens (including phenoxy) is 2. The summed E-state index contributed by atoms with van der Waals surface area (Å²) in [6.45, 7) is 11.1. The zero-order valence-corrected chi connectivity index (χ0v) is 22.5. The number of nitrogens with one attached hydrogen (secondary N) is 1. The van der Waals surface area contributed by atoms with Crippen LogP contribution in [0, 0.1) is 5.41 Å². The molecule has 0 atom stereocenters. The number of nitrogens with two attached hydrogens (primary N) is 2. The molecule has 3 rings (SSSR count). The first-order valence-corrected chi connectivity index (χ1v) is 12.2. The molecule has 37 heavy (non-hydrogen) atoms. The van der Waals surface area contributed by atoms with E-state index in [4.69, 9.17) is 20.9 Å². The molecule has 1 amide bonds. The molecule has 0 aromatic heterocycles. The minimum Gasteiger partial charge on any atom is -0.497 e. The molecule has 3 aromatic carbocycles. The number of carbonyl (C=O) groups excluding carboxylic acids is 2. The molecule has 0 heterocycles. The van der Waals surface area contributed by atoms with Crippen molar-refractivity contribution in [2.24, 2.45) is 11.1 Å². The third-order valence-electron chi connectivity index (χ3n) is 6.20. The van der Waals surface area contributed by atoms with Crippen LogP contribution in [0.15, 0.2) is 60.7 Å². The SMILES string of the molecule is COc1ccc(C(=O)Nc2c(N)cccc2C(=O)c2ccc(C(C)(C)C)cc2OCC(C)(C)CN)cc1. The molecular weight excluding hydrogens is 466 g/mol. The maximum Gasteiger partial charge on any atom is 0.255 e. The second-order valence-electron chi connectivity index (χ2n) is 10.9. The minimum atomic E-state index is -0.390. The summed E-state index contributed by atoms with van der Waals surface area (Å²) < 4.78 is 11.3. The third kappa shape index (κ3) is 6.68. The van der Waals surface area contributed by atoms with Crippen molar-refractivity contribution in [1.29, 1.82) is 0 Å². The van der Waals surface area contributed by atoms with E-state index >= 15 is 0 Å². The Labute approximate surface area is 219 Å². The number of ketones is 1. The van der Waals surface area contributed by atoms with Crippen molar-refractivity contribution in [3.63, 3.8) is 0 Å². The van der Waals surface area contributed by atoms with Gasteiger partial charge in [-0.05, 0) is 59.5 Å². The maximum absolute atomic E-state index is 13.9. The van der Waals surface area contributed by atoms with Gasteiger partial charge in [-0.2, -0.15) is 0 Å². The Morgan fingerprint density at radius 1 is 0.919 bits per heavy atom. The number of rotatable bonds is 9. The maximum atomic E-state index is 13.9. The molecule has 7 heteroatoms. The molecular formula is C30H37N3O4. The summed E-state index contributed by atoms with van der Waals surface area (Å²) in [5, 5.41) is 2.82. The van der Waals surface area contributed by atoms with Crippen LogP contribution in [0.2, 0.25) is 0 Å². The topological polar surface area (TPSA) is 117 Å². The van der Waals surface area contributed by atoms with E-state index in [1.165, 1.54) is 0 Å². The highest BCUT2D eigenvalue weighted by Gasteiger charge is 2.25. The van der Waals surface area contributed by atoms with Crippen LogP contribution < -0.4 is 26.3 Å². The van der Waals surface area contributed by atoms with Gasteiger partial charge in [0.25, 0.3) is 5.91 Å². The standard InChI is InChI=1S/C30H37N3O4/c1-29(2,3)20-12-15-22(25(16-20)37-18-30(4,5)17-31)27(34)23-8-7-9-24(32)26(23)33-28(35)19-10-13-21(36-6)14-11-19/h7-16H,17-18,31-32H2,1-6H3,(H,33,35). The van der Waals surface area contributed by atoms with Crippen LogP contribution in [0.5, 0.6) is 11.5 Å². The molecule has 0 saturated carbocycles. The van der Waals surface area contributed by atoms with Crippen molar-refractivity contribution < 1.29 is 19.1 Å². The predicted molar refractivity (Wildman–Crippen MR) is 149 cm³/mol. The van der Waals surface area contributed by atoms with E-state index in [1.54, 1.807) is 55.6 Å². The number of benzene rings is 3. The monoisotopic (exact) mass is 503 g/mol. The predicted octanol–water partition coefficient (Wildman–Crippen LogP) is 5.42. The summed E-state index contributed by atoms with van der Waals surface area (Å²) in [5.41, 5.74) is 14.3. The molecule has 0 saturated heterocycles. The Morgan fingerprint density at radius 2 is 1.59 bits per heavy atom. The summed E-state index contributed by atoms with van der Waals surface area (Å²) in [6.07, 6.45) is 0. The molecule has 0 spiro atoms. The van der Waals surface area contributed by atoms with Gasteiger partial charge in [0, 0.05) is 23.1 Å². The van der Waals surface area contributed by atoms with Gasteiger partial charge < -0.3 is 26.3 Å². The molecule has 0 fully saturated rings. The first-order valence-electron chi connectivity index (χ1n) is 12.2. The average Bonchev–Trinajstić information content (AvgIpc) is 2.87. The lowest BCUT2D eigenvalue weighted by Gasteiger charge is -2.25. The van der Waals surface area contributed by atoms with Gasteiger partial charge in [-0.3, -0.25) is 9.59 Å². The van der Waals surface area contributed by atoms with Crippen molar-refractivity contribution in [2.45, 2.75) is 40.0 Å². The third-order valence-corrected chi connectivity index (χ3v) is 6.20. The van der Waals surface area contributed by atoms with Crippen molar-refractivity contribution in [3.8, 4) is 11.5 Å². The average molecular weight is 504 g/mol. The molecule has 0 unspecified atom stereocenters. The van der Waals surface area contributed by atoms with E-state index in [0.717, 1.165) is 5.56 Å². The quantitative estimate of drug-likeness (QED) is 0.265. The summed E-state index contributed by atoms with van der Waals surface area (Å²) in [5.74, 6) is 0.404. The van der Waals surface area contributed by atoms with Crippen molar-refractivity contribution in [3.05, 3.63) is 82.9 Å². The molecule has 7 nitrogen and oxygen atoms in total. The minimum absolute atomic E-state index is 0.141. The number of para-hydroxylation sites is 1. The van der Waals surface area contributed by atoms with Gasteiger partial charge in [-0.1, -0.05) is 46.8 Å². The smallest absolute Gasteiger partial charge is 0.255 e. The fourth-order valence-corrected chi connectivity index (χ4v) is 3.60. The summed E-state index contributed by atoms with van der Waals surface area (Å²) in [6, 6.07) is 17.3. The number of methoxy groups -OCH3 is 1. The summed E-state index contributed by atoms with van der Waals surface area (Å²) >= 11 is 0. The van der Waals surface area contributed by atoms with Gasteiger partial charge in [-0.15, -0.1) is 0 Å². The van der Waals surface area contributed by atoms with Crippen LogP contribution in [0.3, 0.4) is 0 Å². The van der Waals surface area contributed by atoms with Crippen LogP contribution in [0.1, 0.15) is 66.5 Å². The first-order chi connectivity index (χ1) is 17.4. The second kappa shape index (κ2) is 11.0. The van der Waals surface area contributed by atoms with Crippen LogP contribution in [-0.4, -0.2) is 32.0 Å². The van der Waals surface area contributed by atoms with Crippen molar-refractivity contribution in [1.82, 2.24) is 0 Å². The first kappa shape index (κ1) is 27.7. The van der Waals surface area contributed by atoms with E-state index in [2.05, 4.69) is 26.1 Å². The van der Waals surface area contributed by atoms with Crippen molar-refractivity contribution >= 4 is 23.1 Å². The highest BCUT2D eigenvalue weighted by atomic mass is 16.5. The van der Waals surface area contributed by atoms with Crippen LogP contribution in [0.25, 0.3) is 0 Å². The van der Waals surface area contributed by atoms with Crippen LogP contribution in [-0.2, 0) is 5.41 Å². The molecule has 0 aliphatic rings. The van der Waals surface area contributed by atoms with E-state index in [-0.39, 0.29) is 39.5 Å². The number of hydrogen-bond donors (Lipinski definition) is 3. The Bertz CT molecular complexity index is 1270. The summed E-state index contributed by atoms with van der Waals surface area (Å²) in [4.78, 5) is 26.9. The summed E-state index contributed by atoms with van der Waals surface area (Å²) in [7, 11) is 1.56. The van der Waals surface area contributed by atoms with Crippen molar-refractivity contribution in [2.75, 3.05) is 31.3 Å². The van der Waals surface area contributed by atoms with Gasteiger partial charge in [0.15, 0.2) is 5.78 Å². The Morgan fingerprint density at radius 3 is 2.19 bits per heavy atom. The van der Waals surface area contributed by atoms with Gasteiger partial charge >= 0.3 is 0 Å². The molecule has 0 bridgehead atoms. The van der Waals surface area contributed by atoms with E-state index < -0.39 is 0 Å². The fourth-order valence-electron chi connectivity index (χ4n) is 3.60. The van der Waals surface area contributed by atoms with E-state index in [9.17, 15) is 9.59 Å². The zero-order chi connectivity index (χ0) is 27.4. The number of anilines is 2. The fraction of sp³-hybridized carbons (Fsp3) is 0.333. The number of hydrogen-bond acceptors (Lipinski definition) is 6. The van der Waals surface area contributed by atoms with Gasteiger partial charge in [0.05, 0.1) is 30.7 Å². The van der Waals surface area contributed by atoms with Gasteiger partial charge in [-0.25, -0.2) is 0 Å². The van der Waals surface area contributed by atoms with Gasteiger partial charge in [0.2, 0.25) is 0 Å². The van der Waals surface area contributed by atoms with Gasteiger partial charge in [0.1, 0.15) is 11.5 Å². The van der Waals surface area contributed by atoms with E-state index in [1.807, 2.05) is 26.0 Å². The molecule has 3 aromatic rings. The number of carbonyl (C=O) groups is 2. The number of amides is 1. The molecule has 0 radical (unpaired) electrons. The zero-order valence-electron chi connectivity index (χ0n) is 22.5. The second-order valence-corrected chi connectivity index (χ2v) is 10.9. The van der Waals surface area contributed by atoms with Crippen LogP contribution in [0.4, 0.5) is 11.4 Å². The normalized spacial score (nSPS) is 11.6. The Hall–Kier alpha value is -3.84. The Balaban J connectivity index is 2.01. The van der Waals surface area contributed by atoms with Crippen LogP contribution >= 0.6 is 0 Å². The lowest BCUT2D eigenvalue weighted by Crippen LogP contribution is -2.30. The molecule has 5 N–H and O–H groups in total. The molecule has 0 aliphatic heterocycles. The molecule has 0 aliphatic carbocycles. The number of nitrogen functional groups attached to an aromatic ring is 1. The highest BCUT2D eigenvalue weighted by molar-refractivity contribution is 6.18. The largest absolute Gasteiger partial charge is 0.497 e.